The van der Waals surface area contributed by atoms with Gasteiger partial charge in [0.2, 0.25) is 5.79 Å². The van der Waals surface area contributed by atoms with Gasteiger partial charge in [-0.25, -0.2) is 0 Å². The van der Waals surface area contributed by atoms with Crippen molar-refractivity contribution >= 4 is 5.97 Å². The number of allylic oxidation sites excluding steroid dienone is 2. The van der Waals surface area contributed by atoms with Crippen LogP contribution in [-0.4, -0.2) is 334 Å². The Kier molecular flexibility index (Phi) is 21.8. The molecule has 10 fully saturated rings. The number of fused-ring (bicyclic) bond motifs is 7. The van der Waals surface area contributed by atoms with Crippen LogP contribution in [-0.2, 0) is 56.9 Å². The minimum atomic E-state index is -3.73. The van der Waals surface area contributed by atoms with Gasteiger partial charge in [0.05, 0.1) is 57.3 Å². The number of hydrogen-bond acceptors (Lipinski definition) is 34. The number of carbonyl (C=O) groups excluding carboxylic acids is 1. The molecule has 12 unspecified atom stereocenters. The van der Waals surface area contributed by atoms with Gasteiger partial charge < -0.3 is 164 Å². The second-order valence-electron chi connectivity index (χ2n) is 32.0. The molecule has 0 spiro atoms. The van der Waals surface area contributed by atoms with Crippen molar-refractivity contribution < 1.29 is 169 Å². The van der Waals surface area contributed by atoms with Crippen molar-refractivity contribution in [2.75, 3.05) is 33.0 Å². The summed E-state index contributed by atoms with van der Waals surface area (Å²) in [6, 6.07) is 0. The van der Waals surface area contributed by atoms with Crippen LogP contribution in [0.4, 0.5) is 0 Å². The van der Waals surface area contributed by atoms with E-state index in [1.165, 1.54) is 13.8 Å². The van der Waals surface area contributed by atoms with Crippen LogP contribution < -0.4 is 0 Å². The fourth-order valence-corrected chi connectivity index (χ4v) is 19.8. The minimum absolute atomic E-state index is 0.0405. The van der Waals surface area contributed by atoms with Gasteiger partial charge in [0.25, 0.3) is 0 Å². The van der Waals surface area contributed by atoms with Crippen molar-refractivity contribution in [2.45, 2.75) is 296 Å². The molecule has 6 saturated heterocycles. The lowest BCUT2D eigenvalue weighted by atomic mass is 9.34. The van der Waals surface area contributed by atoms with Crippen LogP contribution in [0.1, 0.15) is 113 Å². The quantitative estimate of drug-likeness (QED) is 0.0313. The Labute approximate surface area is 570 Å². The van der Waals surface area contributed by atoms with Crippen LogP contribution in [0.25, 0.3) is 0 Å². The normalized spacial score (nSPS) is 56.9. The van der Waals surface area contributed by atoms with Gasteiger partial charge in [-0.05, 0) is 117 Å². The monoisotopic (exact) mass is 1430 g/mol. The molecule has 34 heteroatoms. The molecule has 0 aromatic heterocycles. The van der Waals surface area contributed by atoms with E-state index in [0.717, 1.165) is 5.57 Å². The number of rotatable bonds is 15. The molecular formula is C65H106O34. The SMILES string of the molecule is C[C@H]1OC(O[C@@H]2C(CO)O[C@@](O)(OCC3O[C@@](O)(OC(=O)[C@@H]4CC(C)(C)C[C@H]5C6=CCC7[C@@]8(C)CC[C@H](OC9(C%10OC[C@H](O)[C@@H](O)[C@H]%10O)O[C@H](C)[C@@H](O)[C@H](O)[C@@H]9O)[C@@](C)(CO)C8CC[C@@]7(C)[C@]6(C)CCC45)[C@@H](O[C@]4(O)OC(CO)[C@@H](O)C(O)[C@@H]4O)C(O)[C@@H]3O)[C@@H](O)C2O)[C@@H](O)[C@@H](O)[C@@H]1O. The van der Waals surface area contributed by atoms with Gasteiger partial charge in [0, 0.05) is 5.41 Å². The summed E-state index contributed by atoms with van der Waals surface area (Å²) in [5.74, 6) is -16.6. The van der Waals surface area contributed by atoms with Gasteiger partial charge in [-0.2, -0.15) is 0 Å². The average Bonchev–Trinajstić information content (AvgIpc) is 0.678. The largest absolute Gasteiger partial charge is 0.405 e. The zero-order valence-corrected chi connectivity index (χ0v) is 56.6. The summed E-state index contributed by atoms with van der Waals surface area (Å²) < 4.78 is 63.8. The molecule has 0 radical (unpaired) electrons. The highest BCUT2D eigenvalue weighted by Crippen LogP contribution is 2.75. The summed E-state index contributed by atoms with van der Waals surface area (Å²) in [5.41, 5.74) is -2.16. The summed E-state index contributed by atoms with van der Waals surface area (Å²) in [4.78, 5) is 15.4. The topological polar surface area (TPSA) is 564 Å². The van der Waals surface area contributed by atoms with Crippen LogP contribution >= 0.6 is 0 Å². The van der Waals surface area contributed by atoms with Crippen molar-refractivity contribution in [3.05, 3.63) is 11.6 Å². The summed E-state index contributed by atoms with van der Waals surface area (Å²) in [7, 11) is 0. The third-order valence-electron chi connectivity index (χ3n) is 25.7. The molecular weight excluding hydrogens is 1320 g/mol. The maximum absolute atomic E-state index is 15.4. The lowest BCUT2D eigenvalue weighted by Crippen LogP contribution is -2.75. The van der Waals surface area contributed by atoms with Crippen LogP contribution in [0.15, 0.2) is 11.6 Å². The minimum Gasteiger partial charge on any atom is -0.405 e. The third kappa shape index (κ3) is 12.6. The maximum Gasteiger partial charge on any atom is 0.357 e. The van der Waals surface area contributed by atoms with Crippen molar-refractivity contribution in [3.8, 4) is 0 Å². The zero-order valence-electron chi connectivity index (χ0n) is 56.6. The van der Waals surface area contributed by atoms with Gasteiger partial charge in [-0.1, -0.05) is 53.2 Å². The second kappa shape index (κ2) is 27.6. The van der Waals surface area contributed by atoms with Gasteiger partial charge in [-0.15, -0.1) is 0 Å². The predicted octanol–water partition coefficient (Wildman–Crippen LogP) is -7.52. The molecule has 0 aromatic rings. The maximum atomic E-state index is 15.4. The Balaban J connectivity index is 0.855. The van der Waals surface area contributed by atoms with Gasteiger partial charge in [0.1, 0.15) is 116 Å². The average molecular weight is 1430 g/mol. The van der Waals surface area contributed by atoms with Crippen LogP contribution in [0.2, 0.25) is 0 Å². The highest BCUT2D eigenvalue weighted by atomic mass is 16.9. The van der Waals surface area contributed by atoms with E-state index in [1.807, 2.05) is 20.8 Å². The Morgan fingerprint density at radius 2 is 1.19 bits per heavy atom. The fourth-order valence-electron chi connectivity index (χ4n) is 19.8. The number of carbonyl (C=O) groups is 1. The van der Waals surface area contributed by atoms with Crippen LogP contribution in [0, 0.1) is 56.7 Å². The van der Waals surface area contributed by atoms with Crippen molar-refractivity contribution in [1.82, 2.24) is 0 Å². The molecule has 6 aliphatic heterocycles. The molecule has 0 amide bonds. The number of aliphatic hydroxyl groups is 22. The third-order valence-corrected chi connectivity index (χ3v) is 25.7. The first-order chi connectivity index (χ1) is 46.0. The van der Waals surface area contributed by atoms with Crippen molar-refractivity contribution in [1.29, 1.82) is 0 Å². The Hall–Kier alpha value is -2.07. The first-order valence-corrected chi connectivity index (χ1v) is 34.5. The standard InChI is InChI=1S/C65H106O34/c1-24-37(70)42(75)47(80)56(91-24)92-49-32(20-67)95-63(86,52(84)48(49)81)90-22-33-41(74)46(79)54(98-64(87)51(83)44(77)40(73)31(19-66)94-64)65(88,96-33)99-55(85)28-18-57(3,4)17-27-26(28)11-15-60(7)29(27)9-10-35-58(5)14-13-36(59(6,23-68)34(58)12-16-61(35,60)8)97-62(50(82)43(76)38(71)25(2)93-62)53-45(78)39(72)30(69)21-89-53/h9,24-28,30-54,56,66-84,86-88H,10-23H2,1-8H3/t24-,25-,26?,27-,28-,30+,31?,32?,33?,34?,35?,36+,37-,38-,39-,40-,41-,42+,43+,44?,45-,46?,47+,48?,49-,50+,51+,52+,53?,54+,56?,58+,59+,60-,61-,62?,63+,64-,65-/m1/s1. The predicted molar refractivity (Wildman–Crippen MR) is 324 cm³/mol. The Bertz CT molecular complexity index is 2880. The molecule has 0 aromatic carbocycles. The molecule has 0 bridgehead atoms. The van der Waals surface area contributed by atoms with E-state index in [0.29, 0.717) is 44.9 Å². The molecule has 11 rings (SSSR count). The first-order valence-electron chi connectivity index (χ1n) is 34.5. The van der Waals surface area contributed by atoms with Gasteiger partial charge >= 0.3 is 23.9 Å². The molecule has 34 nitrogen and oxygen atoms in total. The van der Waals surface area contributed by atoms with Crippen LogP contribution in [0.3, 0.4) is 0 Å². The molecule has 4 saturated carbocycles. The van der Waals surface area contributed by atoms with Crippen LogP contribution in [0.5, 0.6) is 0 Å². The van der Waals surface area contributed by atoms with E-state index in [4.69, 9.17) is 52.1 Å². The molecule has 570 valence electrons. The summed E-state index contributed by atoms with van der Waals surface area (Å²) in [6.45, 7) is 10.8. The van der Waals surface area contributed by atoms with E-state index < -0.39 is 261 Å². The molecule has 5 aliphatic carbocycles. The zero-order chi connectivity index (χ0) is 72.9. The summed E-state index contributed by atoms with van der Waals surface area (Å²) in [6.07, 6.45) is -44.2. The first kappa shape index (κ1) is 78.0. The van der Waals surface area contributed by atoms with Gasteiger partial charge in [-0.3, -0.25) is 4.79 Å². The molecule has 22 N–H and O–H groups in total. The number of ether oxygens (including phenoxy) is 11. The van der Waals surface area contributed by atoms with E-state index in [1.54, 1.807) is 0 Å². The lowest BCUT2D eigenvalue weighted by molar-refractivity contribution is -0.516. The van der Waals surface area contributed by atoms with E-state index in [-0.39, 0.29) is 30.6 Å². The van der Waals surface area contributed by atoms with Crippen molar-refractivity contribution in [2.24, 2.45) is 56.7 Å². The number of hydrogen-bond donors (Lipinski definition) is 22. The molecule has 99 heavy (non-hydrogen) atoms. The van der Waals surface area contributed by atoms with E-state index in [2.05, 4.69) is 26.8 Å². The lowest BCUT2D eigenvalue weighted by Gasteiger charge is -2.71. The molecule has 39 atom stereocenters. The number of esters is 1. The molecule has 6 heterocycles. The fraction of sp³-hybridized carbons (Fsp3) is 0.954. The van der Waals surface area contributed by atoms with E-state index in [9.17, 15) is 112 Å². The Morgan fingerprint density at radius 1 is 0.576 bits per heavy atom. The van der Waals surface area contributed by atoms with Crippen molar-refractivity contribution in [3.63, 3.8) is 0 Å². The Morgan fingerprint density at radius 3 is 1.85 bits per heavy atom. The highest BCUT2D eigenvalue weighted by Gasteiger charge is 2.72. The number of aliphatic hydroxyl groups excluding tert-OH is 19. The summed E-state index contributed by atoms with van der Waals surface area (Å²) >= 11 is 0. The second-order valence-corrected chi connectivity index (χ2v) is 32.0. The van der Waals surface area contributed by atoms with Gasteiger partial charge in [0.15, 0.2) is 24.6 Å². The smallest absolute Gasteiger partial charge is 0.357 e. The molecule has 11 aliphatic rings. The summed E-state index contributed by atoms with van der Waals surface area (Å²) in [5, 5.41) is 245. The highest BCUT2D eigenvalue weighted by molar-refractivity contribution is 5.74. The van der Waals surface area contributed by atoms with E-state index >= 15 is 4.79 Å².